The molecule has 2 heterocycles. The standard InChI is InChI=1S/C26H33N3O4/c1-32-24(30)20-28-21-29(22-10-4-2-5-11-22)26(25(28)31)14-17-27(18-15-26)16-8-9-19-33-23-12-6-3-7-13-23/h2-7,10-13H,8-9,14-21H2,1H3. The third-order valence-corrected chi connectivity index (χ3v) is 6.69. The number of anilines is 1. The molecule has 1 spiro atoms. The lowest BCUT2D eigenvalue weighted by Gasteiger charge is -2.43. The number of esters is 1. The summed E-state index contributed by atoms with van der Waals surface area (Å²) in [6.07, 6.45) is 3.56. The number of amides is 1. The monoisotopic (exact) mass is 451 g/mol. The van der Waals surface area contributed by atoms with Crippen molar-refractivity contribution in [3.8, 4) is 5.75 Å². The van der Waals surface area contributed by atoms with Crippen LogP contribution < -0.4 is 9.64 Å². The highest BCUT2D eigenvalue weighted by atomic mass is 16.5. The van der Waals surface area contributed by atoms with E-state index in [4.69, 9.17) is 9.47 Å². The molecule has 2 aliphatic rings. The number of carbonyl (C=O) groups excluding carboxylic acids is 2. The molecule has 2 aliphatic heterocycles. The van der Waals surface area contributed by atoms with Crippen LogP contribution >= 0.6 is 0 Å². The molecule has 2 aromatic carbocycles. The predicted molar refractivity (Wildman–Crippen MR) is 127 cm³/mol. The number of ether oxygens (including phenoxy) is 2. The van der Waals surface area contributed by atoms with E-state index in [9.17, 15) is 9.59 Å². The maximum Gasteiger partial charge on any atom is 0.325 e. The first kappa shape index (κ1) is 23.1. The van der Waals surface area contributed by atoms with Crippen LogP contribution in [0, 0.1) is 0 Å². The Bertz CT molecular complexity index is 914. The van der Waals surface area contributed by atoms with Crippen LogP contribution in [0.1, 0.15) is 25.7 Å². The van der Waals surface area contributed by atoms with E-state index in [1.54, 1.807) is 4.90 Å². The largest absolute Gasteiger partial charge is 0.494 e. The minimum Gasteiger partial charge on any atom is -0.494 e. The molecular weight excluding hydrogens is 418 g/mol. The van der Waals surface area contributed by atoms with Crippen molar-refractivity contribution in [2.24, 2.45) is 0 Å². The Morgan fingerprint density at radius 1 is 0.970 bits per heavy atom. The van der Waals surface area contributed by atoms with Crippen molar-refractivity contribution < 1.29 is 19.1 Å². The Hall–Kier alpha value is -3.06. The maximum absolute atomic E-state index is 13.5. The number of unbranched alkanes of at least 4 members (excludes halogenated alkanes) is 1. The summed E-state index contributed by atoms with van der Waals surface area (Å²) in [6.45, 7) is 3.84. The van der Waals surface area contributed by atoms with Crippen LogP contribution in [-0.2, 0) is 14.3 Å². The van der Waals surface area contributed by atoms with E-state index in [-0.39, 0.29) is 18.4 Å². The Morgan fingerprint density at radius 2 is 1.64 bits per heavy atom. The molecule has 0 atom stereocenters. The zero-order chi connectivity index (χ0) is 23.1. The number of rotatable bonds is 9. The van der Waals surface area contributed by atoms with Crippen LogP contribution in [0.3, 0.4) is 0 Å². The van der Waals surface area contributed by atoms with Crippen molar-refractivity contribution in [2.75, 3.05) is 51.5 Å². The highest BCUT2D eigenvalue weighted by Crippen LogP contribution is 2.39. The molecular formula is C26H33N3O4. The summed E-state index contributed by atoms with van der Waals surface area (Å²) in [7, 11) is 1.36. The lowest BCUT2D eigenvalue weighted by molar-refractivity contribution is -0.146. The van der Waals surface area contributed by atoms with Gasteiger partial charge in [-0.25, -0.2) is 0 Å². The van der Waals surface area contributed by atoms with E-state index in [2.05, 4.69) is 9.80 Å². The summed E-state index contributed by atoms with van der Waals surface area (Å²) in [5.41, 5.74) is 0.423. The van der Waals surface area contributed by atoms with Gasteiger partial charge in [-0.2, -0.15) is 0 Å². The predicted octanol–water partition coefficient (Wildman–Crippen LogP) is 3.16. The second-order valence-electron chi connectivity index (χ2n) is 8.73. The number of methoxy groups -OCH3 is 1. The first-order valence-corrected chi connectivity index (χ1v) is 11.7. The fraction of sp³-hybridized carbons (Fsp3) is 0.462. The molecule has 0 aliphatic carbocycles. The molecule has 0 unspecified atom stereocenters. The van der Waals surface area contributed by atoms with Gasteiger partial charge in [-0.05, 0) is 56.5 Å². The number of hydrogen-bond acceptors (Lipinski definition) is 6. The van der Waals surface area contributed by atoms with E-state index in [1.807, 2.05) is 60.7 Å². The van der Waals surface area contributed by atoms with Gasteiger partial charge in [-0.1, -0.05) is 36.4 Å². The van der Waals surface area contributed by atoms with Gasteiger partial charge in [0.25, 0.3) is 5.91 Å². The zero-order valence-electron chi connectivity index (χ0n) is 19.3. The molecule has 176 valence electrons. The third-order valence-electron chi connectivity index (χ3n) is 6.69. The van der Waals surface area contributed by atoms with Crippen LogP contribution in [0.5, 0.6) is 5.75 Å². The van der Waals surface area contributed by atoms with Crippen molar-refractivity contribution in [1.29, 1.82) is 0 Å². The normalized spacial score (nSPS) is 18.0. The van der Waals surface area contributed by atoms with Gasteiger partial charge >= 0.3 is 5.97 Å². The number of nitrogens with zero attached hydrogens (tertiary/aromatic N) is 3. The van der Waals surface area contributed by atoms with Gasteiger partial charge in [-0.15, -0.1) is 0 Å². The van der Waals surface area contributed by atoms with E-state index >= 15 is 0 Å². The molecule has 33 heavy (non-hydrogen) atoms. The van der Waals surface area contributed by atoms with Crippen LogP contribution in [0.2, 0.25) is 0 Å². The van der Waals surface area contributed by atoms with Crippen molar-refractivity contribution in [3.63, 3.8) is 0 Å². The number of hydrogen-bond donors (Lipinski definition) is 0. The number of para-hydroxylation sites is 2. The quantitative estimate of drug-likeness (QED) is 0.431. The van der Waals surface area contributed by atoms with E-state index in [1.165, 1.54) is 7.11 Å². The molecule has 2 fully saturated rings. The first-order valence-electron chi connectivity index (χ1n) is 11.7. The van der Waals surface area contributed by atoms with E-state index in [0.717, 1.165) is 56.8 Å². The van der Waals surface area contributed by atoms with Crippen LogP contribution in [0.15, 0.2) is 60.7 Å². The summed E-state index contributed by atoms with van der Waals surface area (Å²) >= 11 is 0. The van der Waals surface area contributed by atoms with Gasteiger partial charge in [-0.3, -0.25) is 9.59 Å². The molecule has 7 nitrogen and oxygen atoms in total. The zero-order valence-corrected chi connectivity index (χ0v) is 19.3. The molecule has 4 rings (SSSR count). The lowest BCUT2D eigenvalue weighted by Crippen LogP contribution is -2.56. The number of carbonyl (C=O) groups is 2. The number of piperidine rings is 1. The van der Waals surface area contributed by atoms with Crippen LogP contribution in [0.25, 0.3) is 0 Å². The molecule has 0 bridgehead atoms. The summed E-state index contributed by atoms with van der Waals surface area (Å²) in [5, 5.41) is 0. The molecule has 0 saturated carbocycles. The summed E-state index contributed by atoms with van der Waals surface area (Å²) in [5.74, 6) is 0.561. The summed E-state index contributed by atoms with van der Waals surface area (Å²) in [4.78, 5) is 31.6. The molecule has 2 aromatic rings. The average Bonchev–Trinajstić information content (AvgIpc) is 3.12. The van der Waals surface area contributed by atoms with Crippen molar-refractivity contribution in [1.82, 2.24) is 9.80 Å². The number of benzene rings is 2. The fourth-order valence-corrected chi connectivity index (χ4v) is 4.83. The minimum absolute atomic E-state index is 0.00839. The second-order valence-corrected chi connectivity index (χ2v) is 8.73. The van der Waals surface area contributed by atoms with Crippen molar-refractivity contribution in [2.45, 2.75) is 31.2 Å². The van der Waals surface area contributed by atoms with Crippen LogP contribution in [-0.4, -0.2) is 73.8 Å². The van der Waals surface area contributed by atoms with E-state index in [0.29, 0.717) is 13.3 Å². The molecule has 2 saturated heterocycles. The maximum atomic E-state index is 13.5. The SMILES string of the molecule is COC(=O)CN1CN(c2ccccc2)C2(CCN(CCCCOc3ccccc3)CC2)C1=O. The molecule has 0 aromatic heterocycles. The van der Waals surface area contributed by atoms with Gasteiger partial charge in [0.1, 0.15) is 17.8 Å². The highest BCUT2D eigenvalue weighted by molar-refractivity contribution is 5.95. The lowest BCUT2D eigenvalue weighted by atomic mass is 9.85. The number of likely N-dealkylation sites (tertiary alicyclic amines) is 1. The Balaban J connectivity index is 1.33. The topological polar surface area (TPSA) is 62.3 Å². The molecule has 1 amide bonds. The van der Waals surface area contributed by atoms with Crippen LogP contribution in [0.4, 0.5) is 5.69 Å². The Labute approximate surface area is 195 Å². The summed E-state index contributed by atoms with van der Waals surface area (Å²) in [6, 6.07) is 19.9. The molecule has 7 heteroatoms. The fourth-order valence-electron chi connectivity index (χ4n) is 4.83. The van der Waals surface area contributed by atoms with Gasteiger partial charge in [0.2, 0.25) is 0 Å². The van der Waals surface area contributed by atoms with Gasteiger partial charge in [0.05, 0.1) is 20.4 Å². The first-order chi connectivity index (χ1) is 16.1. The molecule has 0 radical (unpaired) electrons. The minimum atomic E-state index is -0.595. The third kappa shape index (κ3) is 5.30. The summed E-state index contributed by atoms with van der Waals surface area (Å²) < 4.78 is 10.6. The van der Waals surface area contributed by atoms with Crippen molar-refractivity contribution in [3.05, 3.63) is 60.7 Å². The van der Waals surface area contributed by atoms with Gasteiger partial charge in [0.15, 0.2) is 0 Å². The second kappa shape index (κ2) is 10.7. The Kier molecular flexibility index (Phi) is 7.50. The molecule has 0 N–H and O–H groups in total. The van der Waals surface area contributed by atoms with Crippen molar-refractivity contribution >= 4 is 17.6 Å². The highest BCUT2D eigenvalue weighted by Gasteiger charge is 2.53. The van der Waals surface area contributed by atoms with Gasteiger partial charge < -0.3 is 24.2 Å². The average molecular weight is 452 g/mol. The van der Waals surface area contributed by atoms with Gasteiger partial charge in [0, 0.05) is 18.8 Å². The Morgan fingerprint density at radius 3 is 2.30 bits per heavy atom. The smallest absolute Gasteiger partial charge is 0.325 e. The van der Waals surface area contributed by atoms with E-state index < -0.39 is 5.54 Å².